The Kier molecular flexibility index (Phi) is 6.39. The number of aromatic nitrogens is 4. The second kappa shape index (κ2) is 10.8. The summed E-state index contributed by atoms with van der Waals surface area (Å²) in [4.78, 5) is 17.6. The van der Waals surface area contributed by atoms with E-state index in [1.54, 1.807) is 18.4 Å². The highest BCUT2D eigenvalue weighted by Crippen LogP contribution is 2.34. The van der Waals surface area contributed by atoms with Crippen molar-refractivity contribution in [3.05, 3.63) is 143 Å². The summed E-state index contributed by atoms with van der Waals surface area (Å²) < 4.78 is 5.56. The van der Waals surface area contributed by atoms with Gasteiger partial charge in [-0.25, -0.2) is 9.97 Å². The topological polar surface area (TPSA) is 90.7 Å². The van der Waals surface area contributed by atoms with E-state index in [1.165, 1.54) is 0 Å². The maximum atomic E-state index is 11.2. The van der Waals surface area contributed by atoms with Gasteiger partial charge in [-0.3, -0.25) is 0 Å². The van der Waals surface area contributed by atoms with Gasteiger partial charge in [0.2, 0.25) is 0 Å². The average molecular weight is 573 g/mol. The number of nitrogens with one attached hydrogen (secondary N) is 2. The molecule has 6 heterocycles. The Balaban J connectivity index is 1.48. The van der Waals surface area contributed by atoms with Crippen molar-refractivity contribution in [2.75, 3.05) is 0 Å². The molecule has 2 aliphatic rings. The van der Waals surface area contributed by atoms with Crippen LogP contribution in [-0.2, 0) is 6.42 Å². The molecule has 0 radical (unpaired) electrons. The van der Waals surface area contributed by atoms with Gasteiger partial charge in [-0.15, -0.1) is 0 Å². The zero-order valence-electron chi connectivity index (χ0n) is 23.7. The van der Waals surface area contributed by atoms with Crippen molar-refractivity contribution in [2.45, 2.75) is 12.5 Å². The number of furan rings is 1. The number of aliphatic hydroxyl groups excluding tert-OH is 1. The van der Waals surface area contributed by atoms with Crippen molar-refractivity contribution in [3.63, 3.8) is 0 Å². The van der Waals surface area contributed by atoms with Crippen LogP contribution < -0.4 is 0 Å². The molecule has 0 amide bonds. The van der Waals surface area contributed by atoms with E-state index in [-0.39, 0.29) is 6.42 Å². The van der Waals surface area contributed by atoms with Crippen LogP contribution in [0.4, 0.5) is 0 Å². The smallest absolute Gasteiger partial charge is 0.132 e. The van der Waals surface area contributed by atoms with Crippen molar-refractivity contribution in [2.24, 2.45) is 0 Å². The third-order valence-electron chi connectivity index (χ3n) is 8.07. The monoisotopic (exact) mass is 572 g/mol. The molecule has 8 rings (SSSR count). The lowest BCUT2D eigenvalue weighted by Crippen LogP contribution is -2.04. The Morgan fingerprint density at radius 3 is 1.61 bits per heavy atom. The SMILES string of the molecule is OC(Cc1c2nc(c(-c3ccccc3)c3ccc(cc4ccc([nH]4)c(-c4ccccc4)c4nc1C=C4)[nH]3)C=C2)c1ccco1. The van der Waals surface area contributed by atoms with Crippen LogP contribution >= 0.6 is 0 Å². The summed E-state index contributed by atoms with van der Waals surface area (Å²) in [5, 5.41) is 11.2. The predicted octanol–water partition coefficient (Wildman–Crippen LogP) is 8.86. The first-order valence-electron chi connectivity index (χ1n) is 14.6. The minimum Gasteiger partial charge on any atom is -0.467 e. The van der Waals surface area contributed by atoms with Gasteiger partial charge in [-0.1, -0.05) is 60.7 Å². The van der Waals surface area contributed by atoms with Crippen molar-refractivity contribution >= 4 is 46.4 Å². The molecule has 4 aromatic heterocycles. The molecule has 0 saturated carbocycles. The first-order chi connectivity index (χ1) is 21.7. The molecule has 6 nitrogen and oxygen atoms in total. The number of hydrogen-bond acceptors (Lipinski definition) is 4. The van der Waals surface area contributed by atoms with Gasteiger partial charge in [0.05, 0.1) is 29.0 Å². The highest BCUT2D eigenvalue weighted by atomic mass is 16.4. The number of rotatable bonds is 5. The molecule has 44 heavy (non-hydrogen) atoms. The number of fused-ring (bicyclic) bond motifs is 8. The largest absolute Gasteiger partial charge is 0.467 e. The van der Waals surface area contributed by atoms with Crippen LogP contribution in [0, 0.1) is 0 Å². The number of H-pyrrole nitrogens is 2. The first-order valence-corrected chi connectivity index (χ1v) is 14.6. The lowest BCUT2D eigenvalue weighted by molar-refractivity contribution is 0.150. The molecule has 0 aliphatic carbocycles. The number of aromatic amines is 2. The molecule has 0 fully saturated rings. The average Bonchev–Trinajstić information content (AvgIpc) is 3.89. The van der Waals surface area contributed by atoms with Gasteiger partial charge < -0.3 is 19.5 Å². The Labute approximate surface area is 253 Å². The molecule has 2 aliphatic heterocycles. The molecule has 1 atom stereocenters. The van der Waals surface area contributed by atoms with E-state index in [0.29, 0.717) is 5.76 Å². The molecule has 3 N–H and O–H groups in total. The van der Waals surface area contributed by atoms with Crippen LogP contribution in [0.25, 0.3) is 68.6 Å². The fraction of sp³-hybridized carbons (Fsp3) is 0.0526. The van der Waals surface area contributed by atoms with Crippen molar-refractivity contribution in [3.8, 4) is 22.3 Å². The molecule has 2 aromatic carbocycles. The first kappa shape index (κ1) is 25.9. The molecule has 0 saturated heterocycles. The fourth-order valence-corrected chi connectivity index (χ4v) is 6.00. The van der Waals surface area contributed by atoms with E-state index in [9.17, 15) is 5.11 Å². The van der Waals surface area contributed by atoms with Crippen LogP contribution in [0.3, 0.4) is 0 Å². The number of benzene rings is 2. The minimum absolute atomic E-state index is 0.288. The number of hydrogen-bond donors (Lipinski definition) is 3. The molecular formula is C38H28N4O2. The summed E-state index contributed by atoms with van der Waals surface area (Å²) in [7, 11) is 0. The van der Waals surface area contributed by atoms with Crippen LogP contribution in [0.2, 0.25) is 0 Å². The van der Waals surface area contributed by atoms with E-state index in [2.05, 4.69) is 64.6 Å². The third-order valence-corrected chi connectivity index (χ3v) is 8.07. The molecule has 6 heteroatoms. The maximum absolute atomic E-state index is 11.2. The number of nitrogens with zero attached hydrogens (tertiary/aromatic N) is 2. The molecule has 8 bridgehead atoms. The third kappa shape index (κ3) is 4.77. The highest BCUT2D eigenvalue weighted by molar-refractivity contribution is 5.93. The quantitative estimate of drug-likeness (QED) is 0.192. The summed E-state index contributed by atoms with van der Waals surface area (Å²) in [5.74, 6) is 0.505. The van der Waals surface area contributed by atoms with Crippen molar-refractivity contribution in [1.82, 2.24) is 19.9 Å². The van der Waals surface area contributed by atoms with Gasteiger partial charge in [-0.2, -0.15) is 0 Å². The lowest BCUT2D eigenvalue weighted by atomic mass is 10.0. The maximum Gasteiger partial charge on any atom is 0.132 e. The Morgan fingerprint density at radius 1 is 0.591 bits per heavy atom. The van der Waals surface area contributed by atoms with Gasteiger partial charge >= 0.3 is 0 Å². The minimum atomic E-state index is -0.853. The Hall–Kier alpha value is -5.72. The Bertz CT molecular complexity index is 2070. The normalized spacial score (nSPS) is 12.9. The van der Waals surface area contributed by atoms with Gasteiger partial charge in [0.15, 0.2) is 0 Å². The van der Waals surface area contributed by atoms with Gasteiger partial charge in [-0.05, 0) is 77.9 Å². The summed E-state index contributed by atoms with van der Waals surface area (Å²) >= 11 is 0. The van der Waals surface area contributed by atoms with Crippen LogP contribution in [-0.4, -0.2) is 25.0 Å². The van der Waals surface area contributed by atoms with Gasteiger partial charge in [0, 0.05) is 45.2 Å². The summed E-state index contributed by atoms with van der Waals surface area (Å²) in [5.41, 5.74) is 12.0. The van der Waals surface area contributed by atoms with E-state index in [1.807, 2.05) is 60.7 Å². The fourth-order valence-electron chi connectivity index (χ4n) is 6.00. The molecule has 6 aromatic rings. The molecule has 212 valence electrons. The van der Waals surface area contributed by atoms with Crippen molar-refractivity contribution in [1.29, 1.82) is 0 Å². The summed E-state index contributed by atoms with van der Waals surface area (Å²) in [6.45, 7) is 0. The summed E-state index contributed by atoms with van der Waals surface area (Å²) in [6.07, 6.45) is 9.13. The lowest BCUT2D eigenvalue weighted by Gasteiger charge is -2.10. The molecular weight excluding hydrogens is 544 g/mol. The Morgan fingerprint density at radius 2 is 1.11 bits per heavy atom. The van der Waals surface area contributed by atoms with Crippen LogP contribution in [0.1, 0.15) is 40.2 Å². The predicted molar refractivity (Wildman–Crippen MR) is 177 cm³/mol. The zero-order valence-corrected chi connectivity index (χ0v) is 23.7. The zero-order chi connectivity index (χ0) is 29.5. The molecule has 1 unspecified atom stereocenters. The standard InChI is InChI=1S/C38H28N4O2/c43-35(36-12-7-21-44-36)23-28-29-17-19-33(41-29)37(24-8-3-1-4-9-24)31-15-13-26(39-31)22-27-14-16-32(40-27)38(25-10-5-2-6-11-25)34-20-18-30(28)42-34/h1-22,35,39-40,43H,23H2. The second-order valence-electron chi connectivity index (χ2n) is 10.9. The van der Waals surface area contributed by atoms with Crippen LogP contribution in [0.5, 0.6) is 0 Å². The second-order valence-corrected chi connectivity index (χ2v) is 10.9. The summed E-state index contributed by atoms with van der Waals surface area (Å²) in [6, 6.07) is 34.6. The van der Waals surface area contributed by atoms with Gasteiger partial charge in [0.25, 0.3) is 0 Å². The number of aliphatic hydroxyl groups is 1. The van der Waals surface area contributed by atoms with E-state index >= 15 is 0 Å². The van der Waals surface area contributed by atoms with E-state index in [4.69, 9.17) is 14.4 Å². The van der Waals surface area contributed by atoms with E-state index in [0.717, 1.165) is 72.7 Å². The van der Waals surface area contributed by atoms with Crippen LogP contribution in [0.15, 0.2) is 114 Å². The molecule has 0 spiro atoms. The van der Waals surface area contributed by atoms with E-state index < -0.39 is 6.10 Å². The highest BCUT2D eigenvalue weighted by Gasteiger charge is 2.21. The van der Waals surface area contributed by atoms with Crippen molar-refractivity contribution < 1.29 is 9.52 Å². The van der Waals surface area contributed by atoms with Gasteiger partial charge in [0.1, 0.15) is 11.9 Å².